The fraction of sp³-hybridized carbons (Fsp3) is 0.727. The molecule has 1 rings (SSSR count). The molecule has 1 heterocycles. The van der Waals surface area contributed by atoms with Crippen molar-refractivity contribution in [1.29, 1.82) is 0 Å². The Hall–Kier alpha value is -1.70. The molecule has 0 amide bonds. The van der Waals surface area contributed by atoms with E-state index in [4.69, 9.17) is 18.9 Å². The summed E-state index contributed by atoms with van der Waals surface area (Å²) in [6.45, 7) is 2.39. The van der Waals surface area contributed by atoms with Crippen molar-refractivity contribution in [3.05, 3.63) is 0 Å². The molecule has 1 fully saturated rings. The minimum Gasteiger partial charge on any atom is -0.455 e. The van der Waals surface area contributed by atoms with Crippen molar-refractivity contribution >= 4 is 17.9 Å². The van der Waals surface area contributed by atoms with E-state index < -0.39 is 49.2 Å². The Morgan fingerprint density at radius 3 is 1.84 bits per heavy atom. The van der Waals surface area contributed by atoms with Crippen LogP contribution in [-0.4, -0.2) is 49.2 Å². The number of esters is 3. The summed E-state index contributed by atoms with van der Waals surface area (Å²) in [7, 11) is 0. The molecule has 1 saturated heterocycles. The van der Waals surface area contributed by atoms with E-state index in [0.29, 0.717) is 0 Å². The Morgan fingerprint density at radius 1 is 0.947 bits per heavy atom. The molecule has 0 spiro atoms. The van der Waals surface area contributed by atoms with E-state index >= 15 is 0 Å². The number of alkyl halides is 1. The molecule has 19 heavy (non-hydrogen) atoms. The van der Waals surface area contributed by atoms with Crippen LogP contribution in [0.15, 0.2) is 0 Å². The zero-order valence-corrected chi connectivity index (χ0v) is 10.8. The first-order valence-electron chi connectivity index (χ1n) is 5.58. The molecule has 8 heteroatoms. The summed E-state index contributed by atoms with van der Waals surface area (Å²) in [6, 6.07) is 0. The van der Waals surface area contributed by atoms with Gasteiger partial charge < -0.3 is 18.9 Å². The summed E-state index contributed by atoms with van der Waals surface area (Å²) in [5.74, 6) is -2.07. The van der Waals surface area contributed by atoms with Gasteiger partial charge in [0.05, 0.1) is 0 Å². The van der Waals surface area contributed by atoms with Crippen molar-refractivity contribution in [2.24, 2.45) is 0 Å². The molecule has 1 aliphatic rings. The summed E-state index contributed by atoms with van der Waals surface area (Å²) < 4.78 is 32.4. The van der Waals surface area contributed by atoms with Crippen LogP contribution in [0.4, 0.5) is 4.39 Å². The highest BCUT2D eigenvalue weighted by Gasteiger charge is 2.51. The lowest BCUT2D eigenvalue weighted by atomic mass is 10.1. The molecule has 0 saturated carbocycles. The Labute approximate surface area is 108 Å². The van der Waals surface area contributed by atoms with E-state index in [2.05, 4.69) is 0 Å². The summed E-state index contributed by atoms with van der Waals surface area (Å²) >= 11 is 0. The topological polar surface area (TPSA) is 88.1 Å². The van der Waals surface area contributed by atoms with Crippen molar-refractivity contribution in [1.82, 2.24) is 0 Å². The minimum atomic E-state index is -1.30. The van der Waals surface area contributed by atoms with Crippen LogP contribution in [0.1, 0.15) is 20.8 Å². The highest BCUT2D eigenvalue weighted by atomic mass is 19.1. The van der Waals surface area contributed by atoms with Gasteiger partial charge in [-0.15, -0.1) is 0 Å². The summed E-state index contributed by atoms with van der Waals surface area (Å²) in [6.07, 6.45) is -4.80. The maximum absolute atomic E-state index is 12.8. The molecule has 0 aromatic rings. The number of hydrogen-bond donors (Lipinski definition) is 0. The summed E-state index contributed by atoms with van der Waals surface area (Å²) in [4.78, 5) is 32.9. The smallest absolute Gasteiger partial charge is 0.305 e. The van der Waals surface area contributed by atoms with Gasteiger partial charge in [0.25, 0.3) is 0 Å². The molecule has 0 aromatic heterocycles. The monoisotopic (exact) mass is 278 g/mol. The van der Waals surface area contributed by atoms with Crippen LogP contribution in [0.2, 0.25) is 0 Å². The maximum Gasteiger partial charge on any atom is 0.305 e. The fourth-order valence-corrected chi connectivity index (χ4v) is 1.73. The number of rotatable bonds is 4. The Bertz CT molecular complexity index is 370. The third kappa shape index (κ3) is 4.16. The van der Waals surface area contributed by atoms with Gasteiger partial charge in [-0.2, -0.15) is 0 Å². The zero-order chi connectivity index (χ0) is 14.6. The fourth-order valence-electron chi connectivity index (χ4n) is 1.73. The number of hydrogen-bond acceptors (Lipinski definition) is 7. The Morgan fingerprint density at radius 2 is 1.42 bits per heavy atom. The van der Waals surface area contributed by atoms with Gasteiger partial charge in [-0.1, -0.05) is 0 Å². The Balaban J connectivity index is 2.90. The van der Waals surface area contributed by atoms with Crippen molar-refractivity contribution in [3.8, 4) is 0 Å². The normalized spacial score (nSPS) is 29.7. The molecule has 0 radical (unpaired) electrons. The van der Waals surface area contributed by atoms with Crippen molar-refractivity contribution < 1.29 is 37.7 Å². The predicted molar refractivity (Wildman–Crippen MR) is 57.5 cm³/mol. The summed E-state index contributed by atoms with van der Waals surface area (Å²) in [5, 5.41) is 0. The average molecular weight is 278 g/mol. The second kappa shape index (κ2) is 6.46. The largest absolute Gasteiger partial charge is 0.455 e. The second-order valence-corrected chi connectivity index (χ2v) is 3.95. The number of ether oxygens (including phenoxy) is 4. The van der Waals surface area contributed by atoms with Crippen molar-refractivity contribution in [2.75, 3.05) is 6.67 Å². The lowest BCUT2D eigenvalue weighted by Crippen LogP contribution is -2.41. The van der Waals surface area contributed by atoms with Crippen LogP contribution >= 0.6 is 0 Å². The highest BCUT2D eigenvalue weighted by molar-refractivity contribution is 5.68. The molecule has 4 atom stereocenters. The van der Waals surface area contributed by atoms with Crippen molar-refractivity contribution in [3.63, 3.8) is 0 Å². The summed E-state index contributed by atoms with van der Waals surface area (Å²) in [5.41, 5.74) is 0. The first-order valence-corrected chi connectivity index (χ1v) is 5.58. The number of carbonyl (C=O) groups excluding carboxylic acids is 3. The van der Waals surface area contributed by atoms with E-state index in [1.54, 1.807) is 0 Å². The van der Waals surface area contributed by atoms with Gasteiger partial charge in [0.15, 0.2) is 6.10 Å². The molecular formula is C11H15FO7. The van der Waals surface area contributed by atoms with E-state index in [0.717, 1.165) is 20.8 Å². The average Bonchev–Trinajstić information content (AvgIpc) is 2.55. The molecular weight excluding hydrogens is 263 g/mol. The van der Waals surface area contributed by atoms with Gasteiger partial charge in [-0.3, -0.25) is 14.4 Å². The second-order valence-electron chi connectivity index (χ2n) is 3.95. The van der Waals surface area contributed by atoms with Crippen LogP contribution in [0, 0.1) is 0 Å². The number of carbonyl (C=O) groups is 3. The van der Waals surface area contributed by atoms with Gasteiger partial charge in [-0.05, 0) is 0 Å². The maximum atomic E-state index is 12.8. The lowest BCUT2D eigenvalue weighted by Gasteiger charge is -2.22. The standard InChI is InChI=1S/C11H15FO7/c1-5(13)16-9-8(4-12)19-11(18-7(3)15)10(9)17-6(2)14/h8-11H,4H2,1-3H3/t8-,9-,10+,11+/m1/s1. The minimum absolute atomic E-state index is 0.687. The van der Waals surface area contributed by atoms with E-state index in [1.165, 1.54) is 0 Å². The van der Waals surface area contributed by atoms with E-state index in [1.807, 2.05) is 0 Å². The third-order valence-electron chi connectivity index (χ3n) is 2.31. The SMILES string of the molecule is CC(=O)O[C@H]1O[C@H](CF)[C@@H](OC(C)=O)[C@@H]1OC(C)=O. The predicted octanol–water partition coefficient (Wildman–Crippen LogP) is 0.107. The molecule has 0 bridgehead atoms. The van der Waals surface area contributed by atoms with Gasteiger partial charge in [0.2, 0.25) is 12.4 Å². The molecule has 0 aromatic carbocycles. The van der Waals surface area contributed by atoms with E-state index in [9.17, 15) is 18.8 Å². The zero-order valence-electron chi connectivity index (χ0n) is 10.8. The van der Waals surface area contributed by atoms with Crippen LogP contribution < -0.4 is 0 Å². The lowest BCUT2D eigenvalue weighted by molar-refractivity contribution is -0.195. The molecule has 0 unspecified atom stereocenters. The van der Waals surface area contributed by atoms with Gasteiger partial charge in [-0.25, -0.2) is 4.39 Å². The number of halogens is 1. The molecule has 0 aliphatic carbocycles. The first kappa shape index (κ1) is 15.4. The Kier molecular flexibility index (Phi) is 5.22. The molecule has 7 nitrogen and oxygen atoms in total. The molecule has 1 aliphatic heterocycles. The van der Waals surface area contributed by atoms with Crippen molar-refractivity contribution in [2.45, 2.75) is 45.4 Å². The van der Waals surface area contributed by atoms with Crippen LogP contribution in [0.25, 0.3) is 0 Å². The van der Waals surface area contributed by atoms with Crippen LogP contribution in [-0.2, 0) is 33.3 Å². The third-order valence-corrected chi connectivity index (χ3v) is 2.31. The van der Waals surface area contributed by atoms with Gasteiger partial charge in [0, 0.05) is 20.8 Å². The molecule has 108 valence electrons. The highest BCUT2D eigenvalue weighted by Crippen LogP contribution is 2.28. The van der Waals surface area contributed by atoms with Crippen LogP contribution in [0.3, 0.4) is 0 Å². The molecule has 0 N–H and O–H groups in total. The van der Waals surface area contributed by atoms with E-state index in [-0.39, 0.29) is 0 Å². The van der Waals surface area contributed by atoms with Crippen LogP contribution in [0.5, 0.6) is 0 Å². The van der Waals surface area contributed by atoms with Gasteiger partial charge in [0.1, 0.15) is 12.8 Å². The quantitative estimate of drug-likeness (QED) is 0.532. The van der Waals surface area contributed by atoms with Gasteiger partial charge >= 0.3 is 17.9 Å². The first-order chi connectivity index (χ1) is 8.85.